The molecule has 0 spiro atoms. The smallest absolute Gasteiger partial charge is 0.329 e. The van der Waals surface area contributed by atoms with E-state index in [1.807, 2.05) is 6.08 Å². The lowest BCUT2D eigenvalue weighted by atomic mass is 10.1. The van der Waals surface area contributed by atoms with Gasteiger partial charge in [0.05, 0.1) is 0 Å². The Bertz CT molecular complexity index is 550. The van der Waals surface area contributed by atoms with E-state index in [2.05, 4.69) is 19.2 Å². The summed E-state index contributed by atoms with van der Waals surface area (Å²) in [6.07, 6.45) is 2.75. The zero-order valence-electron chi connectivity index (χ0n) is 18.4. The third-order valence-corrected chi connectivity index (χ3v) is 3.31. The topological polar surface area (TPSA) is 81.7 Å². The molecule has 0 saturated heterocycles. The highest BCUT2D eigenvalue weighted by Gasteiger charge is 2.28. The Morgan fingerprint density at radius 2 is 1.48 bits per heavy atom. The Morgan fingerprint density at radius 3 is 1.93 bits per heavy atom. The van der Waals surface area contributed by atoms with Gasteiger partial charge < -0.3 is 14.8 Å². The fourth-order valence-electron chi connectivity index (χ4n) is 2.05. The van der Waals surface area contributed by atoms with Crippen LogP contribution in [0, 0.1) is 5.92 Å². The van der Waals surface area contributed by atoms with Gasteiger partial charge in [0.1, 0.15) is 17.2 Å². The summed E-state index contributed by atoms with van der Waals surface area (Å²) < 4.78 is 10.7. The number of hydrogen-bond donors (Lipinski definition) is 1. The normalized spacial score (nSPS) is 13.9. The first-order valence-corrected chi connectivity index (χ1v) is 9.53. The van der Waals surface area contributed by atoms with Crippen LogP contribution in [0.3, 0.4) is 0 Å². The predicted molar refractivity (Wildman–Crippen MR) is 106 cm³/mol. The van der Waals surface area contributed by atoms with Crippen LogP contribution in [0.4, 0.5) is 0 Å². The molecule has 0 aliphatic carbocycles. The molecular weight excluding hydrogens is 346 g/mol. The average molecular weight is 384 g/mol. The van der Waals surface area contributed by atoms with E-state index in [0.717, 1.165) is 6.42 Å². The molecule has 0 aliphatic rings. The van der Waals surface area contributed by atoms with Crippen molar-refractivity contribution in [1.82, 2.24) is 5.32 Å². The van der Waals surface area contributed by atoms with E-state index in [4.69, 9.17) is 9.47 Å². The Morgan fingerprint density at radius 1 is 0.963 bits per heavy atom. The third kappa shape index (κ3) is 13.0. The van der Waals surface area contributed by atoms with Crippen molar-refractivity contribution in [2.45, 2.75) is 98.8 Å². The Balaban J connectivity index is 5.08. The molecule has 0 radical (unpaired) electrons. The molecule has 6 nitrogen and oxygen atoms in total. The first-order chi connectivity index (χ1) is 12.1. The van der Waals surface area contributed by atoms with Crippen LogP contribution in [0.2, 0.25) is 0 Å². The van der Waals surface area contributed by atoms with Gasteiger partial charge in [0, 0.05) is 12.0 Å². The van der Waals surface area contributed by atoms with Crippen LogP contribution < -0.4 is 5.32 Å². The monoisotopic (exact) mass is 383 g/mol. The number of esters is 2. The van der Waals surface area contributed by atoms with Crippen LogP contribution in [-0.2, 0) is 23.9 Å². The van der Waals surface area contributed by atoms with Crippen molar-refractivity contribution in [3.63, 3.8) is 0 Å². The minimum absolute atomic E-state index is 0.0101. The number of hydrogen-bond acceptors (Lipinski definition) is 5. The summed E-state index contributed by atoms with van der Waals surface area (Å²) >= 11 is 0. The number of rotatable bonds is 8. The summed E-state index contributed by atoms with van der Waals surface area (Å²) in [4.78, 5) is 36.8. The molecule has 0 fully saturated rings. The SMILES string of the molecule is CC(=CCC(C)C)C(=O)N[C@H](CCC(=O)OC(C)(C)C)C(=O)OC(C)(C)C. The highest BCUT2D eigenvalue weighted by Crippen LogP contribution is 2.14. The first kappa shape index (κ1) is 25.1. The molecule has 0 saturated carbocycles. The molecule has 1 amide bonds. The molecule has 0 aromatic carbocycles. The number of carbonyl (C=O) groups excluding carboxylic acids is 3. The van der Waals surface area contributed by atoms with E-state index in [9.17, 15) is 14.4 Å². The second-order valence-corrected chi connectivity index (χ2v) is 9.20. The second kappa shape index (κ2) is 10.5. The Hall–Kier alpha value is -1.85. The van der Waals surface area contributed by atoms with Gasteiger partial charge in [0.15, 0.2) is 0 Å². The summed E-state index contributed by atoms with van der Waals surface area (Å²) in [5, 5.41) is 2.69. The van der Waals surface area contributed by atoms with Gasteiger partial charge in [0.25, 0.3) is 0 Å². The van der Waals surface area contributed by atoms with Crippen molar-refractivity contribution in [1.29, 1.82) is 0 Å². The lowest BCUT2D eigenvalue weighted by molar-refractivity contribution is -0.159. The summed E-state index contributed by atoms with van der Waals surface area (Å²) in [5.74, 6) is -0.884. The van der Waals surface area contributed by atoms with E-state index in [1.165, 1.54) is 0 Å². The molecule has 0 unspecified atom stereocenters. The van der Waals surface area contributed by atoms with Gasteiger partial charge >= 0.3 is 11.9 Å². The predicted octanol–water partition coefficient (Wildman–Crippen LogP) is 3.93. The Labute approximate surface area is 164 Å². The molecule has 0 rings (SSSR count). The van der Waals surface area contributed by atoms with Gasteiger partial charge in [-0.1, -0.05) is 19.9 Å². The van der Waals surface area contributed by atoms with E-state index in [0.29, 0.717) is 11.5 Å². The zero-order chi connectivity index (χ0) is 21.4. The van der Waals surface area contributed by atoms with Crippen molar-refractivity contribution < 1.29 is 23.9 Å². The zero-order valence-corrected chi connectivity index (χ0v) is 18.4. The Kier molecular flexibility index (Phi) is 9.76. The molecule has 0 bridgehead atoms. The highest BCUT2D eigenvalue weighted by molar-refractivity contribution is 5.95. The van der Waals surface area contributed by atoms with Gasteiger partial charge in [-0.3, -0.25) is 9.59 Å². The number of allylic oxidation sites excluding steroid dienone is 1. The van der Waals surface area contributed by atoms with Crippen molar-refractivity contribution in [2.24, 2.45) is 5.92 Å². The summed E-state index contributed by atoms with van der Waals surface area (Å²) in [5.41, 5.74) is -0.749. The quantitative estimate of drug-likeness (QED) is 0.507. The van der Waals surface area contributed by atoms with E-state index < -0.39 is 29.2 Å². The van der Waals surface area contributed by atoms with Gasteiger partial charge in [-0.15, -0.1) is 0 Å². The third-order valence-electron chi connectivity index (χ3n) is 3.31. The molecule has 6 heteroatoms. The fraction of sp³-hybridized carbons (Fsp3) is 0.762. The van der Waals surface area contributed by atoms with E-state index in [1.54, 1.807) is 48.5 Å². The van der Waals surface area contributed by atoms with Crippen LogP contribution >= 0.6 is 0 Å². The minimum Gasteiger partial charge on any atom is -0.460 e. The van der Waals surface area contributed by atoms with Crippen molar-refractivity contribution >= 4 is 17.8 Å². The molecule has 0 aromatic rings. The maximum atomic E-state index is 12.5. The second-order valence-electron chi connectivity index (χ2n) is 9.20. The molecule has 1 N–H and O–H groups in total. The molecule has 156 valence electrons. The van der Waals surface area contributed by atoms with Crippen LogP contribution in [0.5, 0.6) is 0 Å². The highest BCUT2D eigenvalue weighted by atomic mass is 16.6. The van der Waals surface area contributed by atoms with Crippen molar-refractivity contribution in [2.75, 3.05) is 0 Å². The largest absolute Gasteiger partial charge is 0.460 e. The lowest BCUT2D eigenvalue weighted by Gasteiger charge is -2.25. The van der Waals surface area contributed by atoms with Crippen molar-refractivity contribution in [3.8, 4) is 0 Å². The summed E-state index contributed by atoms with van der Waals surface area (Å²) in [7, 11) is 0. The standard InChI is InChI=1S/C21H37NO5/c1-14(2)10-11-15(3)18(24)22-16(19(25)27-21(7,8)9)12-13-17(23)26-20(4,5)6/h11,14,16H,10,12-13H2,1-9H3,(H,22,24)/t16-/m1/s1. The van der Waals surface area contributed by atoms with E-state index in [-0.39, 0.29) is 18.7 Å². The fourth-order valence-corrected chi connectivity index (χ4v) is 2.05. The molecular formula is C21H37NO5. The molecule has 0 aromatic heterocycles. The average Bonchev–Trinajstić information content (AvgIpc) is 2.44. The maximum absolute atomic E-state index is 12.5. The molecule has 0 heterocycles. The number of nitrogens with one attached hydrogen (secondary N) is 1. The van der Waals surface area contributed by atoms with Gasteiger partial charge in [-0.05, 0) is 67.2 Å². The molecule has 1 atom stereocenters. The van der Waals surface area contributed by atoms with Crippen molar-refractivity contribution in [3.05, 3.63) is 11.6 Å². The van der Waals surface area contributed by atoms with Crippen LogP contribution in [0.1, 0.15) is 81.6 Å². The van der Waals surface area contributed by atoms with Crippen LogP contribution in [0.15, 0.2) is 11.6 Å². The number of carbonyl (C=O) groups is 3. The van der Waals surface area contributed by atoms with Gasteiger partial charge in [-0.2, -0.15) is 0 Å². The summed E-state index contributed by atoms with van der Waals surface area (Å²) in [6, 6.07) is -0.911. The number of ether oxygens (including phenoxy) is 2. The maximum Gasteiger partial charge on any atom is 0.329 e. The molecule has 27 heavy (non-hydrogen) atoms. The lowest BCUT2D eigenvalue weighted by Crippen LogP contribution is -2.45. The number of amides is 1. The van der Waals surface area contributed by atoms with Gasteiger partial charge in [0.2, 0.25) is 5.91 Å². The van der Waals surface area contributed by atoms with Crippen LogP contribution in [0.25, 0.3) is 0 Å². The first-order valence-electron chi connectivity index (χ1n) is 9.53. The van der Waals surface area contributed by atoms with Crippen LogP contribution in [-0.4, -0.2) is 35.1 Å². The minimum atomic E-state index is -0.911. The summed E-state index contributed by atoms with van der Waals surface area (Å²) in [6.45, 7) is 16.4. The van der Waals surface area contributed by atoms with Gasteiger partial charge in [-0.25, -0.2) is 4.79 Å². The molecule has 0 aliphatic heterocycles. The van der Waals surface area contributed by atoms with E-state index >= 15 is 0 Å².